The molecule has 0 aromatic carbocycles. The SMILES string of the molecule is CCCCCCC=CCCCCCCCCCC(=O)OCC(CO)OC(=O)CCCCCCCC=CCCCCCC. The van der Waals surface area contributed by atoms with Gasteiger partial charge in [-0.3, -0.25) is 9.59 Å². The number of allylic oxidation sites excluding steroid dienone is 4. The Balaban J connectivity index is 3.58. The summed E-state index contributed by atoms with van der Waals surface area (Å²) in [4.78, 5) is 24.1. The van der Waals surface area contributed by atoms with E-state index in [-0.39, 0.29) is 25.2 Å². The molecule has 0 aliphatic heterocycles. The molecular formula is C37H68O5. The Morgan fingerprint density at radius 3 is 1.29 bits per heavy atom. The maximum Gasteiger partial charge on any atom is 0.306 e. The highest BCUT2D eigenvalue weighted by molar-refractivity contribution is 5.70. The topological polar surface area (TPSA) is 72.8 Å². The number of ether oxygens (including phenoxy) is 2. The van der Waals surface area contributed by atoms with E-state index < -0.39 is 6.10 Å². The lowest BCUT2D eigenvalue weighted by atomic mass is 10.1. The average molecular weight is 593 g/mol. The first-order chi connectivity index (χ1) is 20.6. The largest absolute Gasteiger partial charge is 0.462 e. The molecular weight excluding hydrogens is 524 g/mol. The summed E-state index contributed by atoms with van der Waals surface area (Å²) < 4.78 is 10.6. The molecule has 0 saturated heterocycles. The predicted octanol–water partition coefficient (Wildman–Crippen LogP) is 10.7. The number of esters is 2. The van der Waals surface area contributed by atoms with E-state index in [0.717, 1.165) is 44.9 Å². The monoisotopic (exact) mass is 593 g/mol. The van der Waals surface area contributed by atoms with E-state index in [4.69, 9.17) is 9.47 Å². The van der Waals surface area contributed by atoms with Crippen LogP contribution in [-0.2, 0) is 19.1 Å². The Morgan fingerprint density at radius 2 is 0.881 bits per heavy atom. The van der Waals surface area contributed by atoms with Crippen molar-refractivity contribution in [2.45, 2.75) is 187 Å². The minimum Gasteiger partial charge on any atom is -0.462 e. The van der Waals surface area contributed by atoms with E-state index in [9.17, 15) is 14.7 Å². The average Bonchev–Trinajstić information content (AvgIpc) is 2.99. The molecule has 0 radical (unpaired) electrons. The van der Waals surface area contributed by atoms with E-state index in [1.54, 1.807) is 0 Å². The number of carbonyl (C=O) groups excluding carboxylic acids is 2. The predicted molar refractivity (Wildman–Crippen MR) is 178 cm³/mol. The summed E-state index contributed by atoms with van der Waals surface area (Å²) in [5.41, 5.74) is 0. The van der Waals surface area contributed by atoms with Gasteiger partial charge < -0.3 is 14.6 Å². The van der Waals surface area contributed by atoms with E-state index >= 15 is 0 Å². The number of aliphatic hydroxyl groups excluding tert-OH is 1. The summed E-state index contributed by atoms with van der Waals surface area (Å²) in [5, 5.41) is 9.51. The molecule has 5 nitrogen and oxygen atoms in total. The molecule has 0 saturated carbocycles. The van der Waals surface area contributed by atoms with Gasteiger partial charge in [-0.15, -0.1) is 0 Å². The minimum absolute atomic E-state index is 0.0691. The summed E-state index contributed by atoms with van der Waals surface area (Å²) in [6.45, 7) is 4.09. The summed E-state index contributed by atoms with van der Waals surface area (Å²) in [6.07, 6.45) is 38.0. The smallest absolute Gasteiger partial charge is 0.306 e. The molecule has 0 fully saturated rings. The summed E-state index contributed by atoms with van der Waals surface area (Å²) in [7, 11) is 0. The molecule has 246 valence electrons. The first kappa shape index (κ1) is 40.4. The zero-order chi connectivity index (χ0) is 30.8. The van der Waals surface area contributed by atoms with Gasteiger partial charge in [-0.2, -0.15) is 0 Å². The maximum atomic E-state index is 12.1. The number of aliphatic hydroxyl groups is 1. The standard InChI is InChI=1S/C37H68O5/c1-3-5-7-9-11-13-15-17-18-20-21-23-25-27-29-31-36(39)41-34-35(33-38)42-37(40)32-30-28-26-24-22-19-16-14-12-10-8-6-4-2/h13-16,35,38H,3-12,17-34H2,1-2H3. The van der Waals surface area contributed by atoms with Gasteiger partial charge >= 0.3 is 11.9 Å². The Labute approximate surface area is 260 Å². The molecule has 0 amide bonds. The van der Waals surface area contributed by atoms with Crippen molar-refractivity contribution in [3.63, 3.8) is 0 Å². The first-order valence-corrected chi connectivity index (χ1v) is 17.9. The van der Waals surface area contributed by atoms with Gasteiger partial charge in [0.2, 0.25) is 0 Å². The Bertz CT molecular complexity index is 642. The van der Waals surface area contributed by atoms with Crippen LogP contribution in [0, 0.1) is 0 Å². The van der Waals surface area contributed by atoms with Crippen LogP contribution < -0.4 is 0 Å². The van der Waals surface area contributed by atoms with Crippen molar-refractivity contribution in [1.29, 1.82) is 0 Å². The molecule has 1 unspecified atom stereocenters. The molecule has 0 aromatic heterocycles. The van der Waals surface area contributed by atoms with Crippen molar-refractivity contribution < 1.29 is 24.2 Å². The van der Waals surface area contributed by atoms with Gasteiger partial charge in [0.25, 0.3) is 0 Å². The molecule has 0 aliphatic rings. The second-order valence-corrected chi connectivity index (χ2v) is 11.9. The van der Waals surface area contributed by atoms with Crippen LogP contribution in [0.3, 0.4) is 0 Å². The normalized spacial score (nSPS) is 12.4. The quantitative estimate of drug-likeness (QED) is 0.0478. The Hall–Kier alpha value is -1.62. The van der Waals surface area contributed by atoms with Gasteiger partial charge in [-0.25, -0.2) is 0 Å². The Morgan fingerprint density at radius 1 is 0.524 bits per heavy atom. The van der Waals surface area contributed by atoms with E-state index in [1.165, 1.54) is 109 Å². The Kier molecular flexibility index (Phi) is 32.6. The second-order valence-electron chi connectivity index (χ2n) is 11.9. The van der Waals surface area contributed by atoms with Gasteiger partial charge in [0.05, 0.1) is 6.61 Å². The van der Waals surface area contributed by atoms with E-state index in [1.807, 2.05) is 0 Å². The van der Waals surface area contributed by atoms with Crippen molar-refractivity contribution in [3.05, 3.63) is 24.3 Å². The van der Waals surface area contributed by atoms with Crippen molar-refractivity contribution in [2.75, 3.05) is 13.2 Å². The highest BCUT2D eigenvalue weighted by Gasteiger charge is 2.16. The van der Waals surface area contributed by atoms with Crippen molar-refractivity contribution >= 4 is 11.9 Å². The lowest BCUT2D eigenvalue weighted by Crippen LogP contribution is -2.28. The van der Waals surface area contributed by atoms with Crippen LogP contribution in [0.15, 0.2) is 24.3 Å². The second kappa shape index (κ2) is 33.9. The zero-order valence-electron chi connectivity index (χ0n) is 27.8. The fourth-order valence-electron chi connectivity index (χ4n) is 4.95. The number of hydrogen-bond acceptors (Lipinski definition) is 5. The van der Waals surface area contributed by atoms with Crippen LogP contribution in [-0.4, -0.2) is 36.4 Å². The molecule has 5 heteroatoms. The van der Waals surface area contributed by atoms with Gasteiger partial charge in [-0.1, -0.05) is 128 Å². The van der Waals surface area contributed by atoms with E-state index in [0.29, 0.717) is 12.8 Å². The van der Waals surface area contributed by atoms with Crippen molar-refractivity contribution in [2.24, 2.45) is 0 Å². The molecule has 1 N–H and O–H groups in total. The summed E-state index contributed by atoms with van der Waals surface area (Å²) >= 11 is 0. The molecule has 1 atom stereocenters. The van der Waals surface area contributed by atoms with Crippen molar-refractivity contribution in [1.82, 2.24) is 0 Å². The molecule has 0 bridgehead atoms. The fourth-order valence-corrected chi connectivity index (χ4v) is 4.95. The number of hydrogen-bond donors (Lipinski definition) is 1. The van der Waals surface area contributed by atoms with Crippen LogP contribution in [0.1, 0.15) is 181 Å². The van der Waals surface area contributed by atoms with Crippen LogP contribution >= 0.6 is 0 Å². The molecule has 0 aromatic rings. The first-order valence-electron chi connectivity index (χ1n) is 17.9. The number of carbonyl (C=O) groups is 2. The van der Waals surface area contributed by atoms with Crippen LogP contribution in [0.2, 0.25) is 0 Å². The summed E-state index contributed by atoms with van der Waals surface area (Å²) in [6, 6.07) is 0. The van der Waals surface area contributed by atoms with Gasteiger partial charge in [0.15, 0.2) is 6.10 Å². The van der Waals surface area contributed by atoms with Crippen LogP contribution in [0.5, 0.6) is 0 Å². The van der Waals surface area contributed by atoms with Crippen LogP contribution in [0.25, 0.3) is 0 Å². The fraction of sp³-hybridized carbons (Fsp3) is 0.838. The van der Waals surface area contributed by atoms with Crippen molar-refractivity contribution in [3.8, 4) is 0 Å². The van der Waals surface area contributed by atoms with Gasteiger partial charge in [-0.05, 0) is 64.2 Å². The highest BCUT2D eigenvalue weighted by Crippen LogP contribution is 2.12. The molecule has 42 heavy (non-hydrogen) atoms. The number of rotatable bonds is 32. The highest BCUT2D eigenvalue weighted by atomic mass is 16.6. The third kappa shape index (κ3) is 31.3. The molecule has 0 spiro atoms. The number of unbranched alkanes of at least 4 members (excludes halogenated alkanes) is 20. The molecule has 0 aliphatic carbocycles. The van der Waals surface area contributed by atoms with Crippen LogP contribution in [0.4, 0.5) is 0 Å². The minimum atomic E-state index is -0.772. The third-order valence-electron chi connectivity index (χ3n) is 7.72. The molecule has 0 heterocycles. The third-order valence-corrected chi connectivity index (χ3v) is 7.72. The van der Waals surface area contributed by atoms with Gasteiger partial charge in [0, 0.05) is 12.8 Å². The maximum absolute atomic E-state index is 12.1. The lowest BCUT2D eigenvalue weighted by Gasteiger charge is -2.15. The van der Waals surface area contributed by atoms with E-state index in [2.05, 4.69) is 38.2 Å². The molecule has 0 rings (SSSR count). The summed E-state index contributed by atoms with van der Waals surface area (Å²) in [5.74, 6) is -0.605. The zero-order valence-corrected chi connectivity index (χ0v) is 27.8. The van der Waals surface area contributed by atoms with Gasteiger partial charge in [0.1, 0.15) is 6.61 Å². The lowest BCUT2D eigenvalue weighted by molar-refractivity contribution is -0.161.